The molecule has 0 fully saturated rings. The normalized spacial score (nSPS) is 10.8. The molecular formula is C16H13F2N3O3S. The monoisotopic (exact) mass is 365 g/mol. The Balaban J connectivity index is 2.29. The first-order chi connectivity index (χ1) is 11.7. The minimum Gasteiger partial charge on any atom is -0.323 e. The Hall–Kier alpha value is -2.99. The number of hydrogen-bond acceptors (Lipinski definition) is 4. The Morgan fingerprint density at radius 2 is 1.92 bits per heavy atom. The van der Waals surface area contributed by atoms with Crippen LogP contribution in [0.25, 0.3) is 0 Å². The van der Waals surface area contributed by atoms with Crippen LogP contribution in [0.2, 0.25) is 0 Å². The molecule has 0 saturated heterocycles. The van der Waals surface area contributed by atoms with Gasteiger partial charge in [-0.3, -0.25) is 9.10 Å². The molecule has 1 amide bonds. The summed E-state index contributed by atoms with van der Waals surface area (Å²) in [6, 6.07) is 10.4. The molecule has 0 radical (unpaired) electrons. The first-order valence-corrected chi connectivity index (χ1v) is 8.79. The van der Waals surface area contributed by atoms with Crippen molar-refractivity contribution in [2.24, 2.45) is 0 Å². The van der Waals surface area contributed by atoms with E-state index >= 15 is 0 Å². The molecular weight excluding hydrogens is 352 g/mol. The van der Waals surface area contributed by atoms with Gasteiger partial charge in [-0.25, -0.2) is 17.2 Å². The number of rotatable bonds is 5. The molecule has 0 atom stereocenters. The average Bonchev–Trinajstić information content (AvgIpc) is 2.53. The van der Waals surface area contributed by atoms with Crippen molar-refractivity contribution < 1.29 is 22.0 Å². The summed E-state index contributed by atoms with van der Waals surface area (Å²) in [7, 11) is -4.01. The maximum Gasteiger partial charge on any atom is 0.245 e. The third-order valence-corrected chi connectivity index (χ3v) is 4.31. The molecule has 9 heteroatoms. The summed E-state index contributed by atoms with van der Waals surface area (Å²) in [5, 5.41) is 11.4. The number of anilines is 2. The van der Waals surface area contributed by atoms with Crippen LogP contribution in [0.15, 0.2) is 42.5 Å². The summed E-state index contributed by atoms with van der Waals surface area (Å²) in [5.41, 5.74) is -0.0645. The highest BCUT2D eigenvalue weighted by atomic mass is 32.2. The molecule has 130 valence electrons. The quantitative estimate of drug-likeness (QED) is 0.880. The van der Waals surface area contributed by atoms with Crippen LogP contribution < -0.4 is 9.62 Å². The van der Waals surface area contributed by atoms with Gasteiger partial charge in [0.05, 0.1) is 23.2 Å². The van der Waals surface area contributed by atoms with Gasteiger partial charge < -0.3 is 5.32 Å². The molecule has 0 aliphatic rings. The van der Waals surface area contributed by atoms with E-state index in [0.717, 1.165) is 18.4 Å². The molecule has 2 aromatic carbocycles. The van der Waals surface area contributed by atoms with E-state index in [4.69, 9.17) is 5.26 Å². The summed E-state index contributed by atoms with van der Waals surface area (Å²) >= 11 is 0. The van der Waals surface area contributed by atoms with Crippen molar-refractivity contribution in [1.82, 2.24) is 0 Å². The molecule has 0 aromatic heterocycles. The van der Waals surface area contributed by atoms with Crippen LogP contribution in [0.1, 0.15) is 5.56 Å². The predicted molar refractivity (Wildman–Crippen MR) is 88.3 cm³/mol. The lowest BCUT2D eigenvalue weighted by Gasteiger charge is -2.22. The number of carbonyl (C=O) groups excluding carboxylic acids is 1. The van der Waals surface area contributed by atoms with E-state index in [0.29, 0.717) is 10.4 Å². The number of nitrogens with zero attached hydrogens (tertiary/aromatic N) is 2. The minimum atomic E-state index is -4.01. The van der Waals surface area contributed by atoms with Crippen LogP contribution in [-0.2, 0) is 14.8 Å². The van der Waals surface area contributed by atoms with E-state index in [1.54, 1.807) is 12.1 Å². The molecule has 0 heterocycles. The lowest BCUT2D eigenvalue weighted by atomic mass is 10.2. The third-order valence-electron chi connectivity index (χ3n) is 3.19. The minimum absolute atomic E-state index is 0.190. The van der Waals surface area contributed by atoms with Gasteiger partial charge in [-0.2, -0.15) is 5.26 Å². The second-order valence-electron chi connectivity index (χ2n) is 5.07. The Labute approximate surface area is 143 Å². The Kier molecular flexibility index (Phi) is 5.34. The zero-order valence-electron chi connectivity index (χ0n) is 13.0. The van der Waals surface area contributed by atoms with E-state index < -0.39 is 39.8 Å². The van der Waals surface area contributed by atoms with Crippen LogP contribution in [0.3, 0.4) is 0 Å². The smallest absolute Gasteiger partial charge is 0.245 e. The zero-order valence-corrected chi connectivity index (χ0v) is 13.8. The molecule has 0 aliphatic carbocycles. The van der Waals surface area contributed by atoms with Crippen molar-refractivity contribution in [3.63, 3.8) is 0 Å². The molecule has 0 bridgehead atoms. The molecule has 0 saturated carbocycles. The number of nitriles is 1. The Morgan fingerprint density at radius 1 is 1.24 bits per heavy atom. The molecule has 0 aliphatic heterocycles. The van der Waals surface area contributed by atoms with E-state index in [-0.39, 0.29) is 11.3 Å². The van der Waals surface area contributed by atoms with Gasteiger partial charge in [-0.15, -0.1) is 0 Å². The molecule has 0 spiro atoms. The fourth-order valence-electron chi connectivity index (χ4n) is 2.07. The second-order valence-corrected chi connectivity index (χ2v) is 6.98. The van der Waals surface area contributed by atoms with E-state index in [2.05, 4.69) is 5.32 Å². The van der Waals surface area contributed by atoms with Gasteiger partial charge in [0.15, 0.2) is 0 Å². The topological polar surface area (TPSA) is 90.3 Å². The average molecular weight is 365 g/mol. The second kappa shape index (κ2) is 7.27. The molecule has 2 aromatic rings. The van der Waals surface area contributed by atoms with Crippen molar-refractivity contribution in [2.75, 3.05) is 22.4 Å². The fraction of sp³-hybridized carbons (Fsp3) is 0.125. The van der Waals surface area contributed by atoms with Gasteiger partial charge in [0.25, 0.3) is 0 Å². The highest BCUT2D eigenvalue weighted by molar-refractivity contribution is 7.92. The van der Waals surface area contributed by atoms with Crippen molar-refractivity contribution in [3.8, 4) is 6.07 Å². The molecule has 0 unspecified atom stereocenters. The maximum absolute atomic E-state index is 13.9. The molecule has 2 rings (SSSR count). The summed E-state index contributed by atoms with van der Waals surface area (Å²) < 4.78 is 51.3. The van der Waals surface area contributed by atoms with Gasteiger partial charge in [-0.1, -0.05) is 12.1 Å². The first-order valence-electron chi connectivity index (χ1n) is 6.94. The largest absolute Gasteiger partial charge is 0.323 e. The number of hydrogen-bond donors (Lipinski definition) is 1. The summed E-state index contributed by atoms with van der Waals surface area (Å²) in [6.45, 7) is -0.735. The summed E-state index contributed by atoms with van der Waals surface area (Å²) in [5.74, 6) is -2.77. The van der Waals surface area contributed by atoms with Crippen LogP contribution in [0.4, 0.5) is 20.2 Å². The van der Waals surface area contributed by atoms with Gasteiger partial charge in [0, 0.05) is 6.07 Å². The Bertz CT molecular complexity index is 955. The van der Waals surface area contributed by atoms with Gasteiger partial charge in [0.1, 0.15) is 24.2 Å². The maximum atomic E-state index is 13.9. The van der Waals surface area contributed by atoms with E-state index in [1.807, 2.05) is 6.07 Å². The first kappa shape index (κ1) is 18.4. The zero-order chi connectivity index (χ0) is 18.6. The summed E-state index contributed by atoms with van der Waals surface area (Å²) in [4.78, 5) is 12.2. The number of para-hydroxylation sites is 1. The molecule has 1 N–H and O–H groups in total. The highest BCUT2D eigenvalue weighted by Gasteiger charge is 2.24. The SMILES string of the molecule is CS(=O)(=O)N(CC(=O)Nc1ccccc1C#N)c1ccc(F)cc1F. The standard InChI is InChI=1S/C16H13F2N3O3S/c1-25(23,24)21(15-7-6-12(17)8-13(15)18)10-16(22)20-14-5-3-2-4-11(14)9-19/h2-8H,10H2,1H3,(H,20,22). The van der Waals surface area contributed by atoms with Crippen molar-refractivity contribution in [2.45, 2.75) is 0 Å². The lowest BCUT2D eigenvalue weighted by Crippen LogP contribution is -2.38. The van der Waals surface area contributed by atoms with Gasteiger partial charge in [0.2, 0.25) is 15.9 Å². The number of sulfonamides is 1. The molecule has 25 heavy (non-hydrogen) atoms. The van der Waals surface area contributed by atoms with Crippen molar-refractivity contribution >= 4 is 27.3 Å². The number of nitrogens with one attached hydrogen (secondary N) is 1. The van der Waals surface area contributed by atoms with Crippen LogP contribution in [0.5, 0.6) is 0 Å². The number of halogens is 2. The molecule has 6 nitrogen and oxygen atoms in total. The summed E-state index contributed by atoms with van der Waals surface area (Å²) in [6.07, 6.45) is 0.798. The number of benzene rings is 2. The third kappa shape index (κ3) is 4.51. The Morgan fingerprint density at radius 3 is 2.52 bits per heavy atom. The fourth-order valence-corrected chi connectivity index (χ4v) is 2.93. The van der Waals surface area contributed by atoms with E-state index in [1.165, 1.54) is 12.1 Å². The van der Waals surface area contributed by atoms with Crippen molar-refractivity contribution in [3.05, 3.63) is 59.7 Å². The predicted octanol–water partition coefficient (Wildman–Crippen LogP) is 2.24. The number of amides is 1. The number of carbonyl (C=O) groups is 1. The van der Waals surface area contributed by atoms with Crippen LogP contribution in [-0.4, -0.2) is 27.1 Å². The van der Waals surface area contributed by atoms with Crippen molar-refractivity contribution in [1.29, 1.82) is 5.26 Å². The van der Waals surface area contributed by atoms with Crippen LogP contribution in [0, 0.1) is 23.0 Å². The van der Waals surface area contributed by atoms with Crippen LogP contribution >= 0.6 is 0 Å². The van der Waals surface area contributed by atoms with Gasteiger partial charge in [-0.05, 0) is 24.3 Å². The van der Waals surface area contributed by atoms with E-state index in [9.17, 15) is 22.0 Å². The lowest BCUT2D eigenvalue weighted by molar-refractivity contribution is -0.114. The van der Waals surface area contributed by atoms with Gasteiger partial charge >= 0.3 is 0 Å². The highest BCUT2D eigenvalue weighted by Crippen LogP contribution is 2.23.